The maximum absolute atomic E-state index is 14.5. The lowest BCUT2D eigenvalue weighted by Gasteiger charge is -2.36. The Bertz CT molecular complexity index is 1320. The zero-order chi connectivity index (χ0) is 22.2. The molecule has 3 aromatic carbocycles. The summed E-state index contributed by atoms with van der Waals surface area (Å²) in [4.78, 5) is 14.2. The highest BCUT2D eigenvalue weighted by molar-refractivity contribution is 5.91. The van der Waals surface area contributed by atoms with Crippen LogP contribution in [0.15, 0.2) is 66.7 Å². The van der Waals surface area contributed by atoms with E-state index < -0.39 is 0 Å². The molecule has 4 aromatic rings. The van der Waals surface area contributed by atoms with Crippen LogP contribution in [-0.2, 0) is 6.54 Å². The van der Waals surface area contributed by atoms with Gasteiger partial charge in [-0.05, 0) is 42.0 Å². The SMILES string of the molecule is Fc1ccccc1-c1nc(N2CCN(Cc3ccc4c(c3)OCO4)CC2)c2ccccc2n1. The van der Waals surface area contributed by atoms with E-state index in [4.69, 9.17) is 14.5 Å². The van der Waals surface area contributed by atoms with Gasteiger partial charge in [-0.1, -0.05) is 30.3 Å². The van der Waals surface area contributed by atoms with Crippen LogP contribution in [0.1, 0.15) is 5.56 Å². The molecular formula is C26H23FN4O2. The second kappa shape index (κ2) is 8.33. The standard InChI is InChI=1S/C26H23FN4O2/c27-21-7-3-1-5-19(21)25-28-22-8-4-2-6-20(22)26(29-25)31-13-11-30(12-14-31)16-18-9-10-23-24(15-18)33-17-32-23/h1-10,15H,11-14,16-17H2. The summed E-state index contributed by atoms with van der Waals surface area (Å²) in [6, 6.07) is 20.7. The smallest absolute Gasteiger partial charge is 0.231 e. The quantitative estimate of drug-likeness (QED) is 0.464. The summed E-state index contributed by atoms with van der Waals surface area (Å²) in [5.74, 6) is 2.60. The second-order valence-corrected chi connectivity index (χ2v) is 8.32. The van der Waals surface area contributed by atoms with Gasteiger partial charge in [-0.2, -0.15) is 0 Å². The van der Waals surface area contributed by atoms with Crippen molar-refractivity contribution in [3.05, 3.63) is 78.1 Å². The molecule has 0 atom stereocenters. The summed E-state index contributed by atoms with van der Waals surface area (Å²) >= 11 is 0. The Hall–Kier alpha value is -3.71. The van der Waals surface area contributed by atoms with Gasteiger partial charge in [0.05, 0.1) is 11.1 Å². The summed E-state index contributed by atoms with van der Waals surface area (Å²) in [6.07, 6.45) is 0. The zero-order valence-electron chi connectivity index (χ0n) is 18.1. The van der Waals surface area contributed by atoms with Gasteiger partial charge in [-0.3, -0.25) is 4.90 Å². The molecule has 3 heterocycles. The molecule has 0 amide bonds. The highest BCUT2D eigenvalue weighted by Gasteiger charge is 2.22. The van der Waals surface area contributed by atoms with Crippen LogP contribution in [0.25, 0.3) is 22.3 Å². The molecule has 6 rings (SSSR count). The maximum Gasteiger partial charge on any atom is 0.231 e. The molecule has 0 radical (unpaired) electrons. The van der Waals surface area contributed by atoms with Crippen LogP contribution in [0.4, 0.5) is 10.2 Å². The molecule has 7 heteroatoms. The van der Waals surface area contributed by atoms with E-state index in [0.29, 0.717) is 18.2 Å². The maximum atomic E-state index is 14.5. The van der Waals surface area contributed by atoms with Crippen LogP contribution in [0.2, 0.25) is 0 Å². The molecule has 0 aliphatic carbocycles. The van der Waals surface area contributed by atoms with E-state index in [0.717, 1.165) is 60.9 Å². The van der Waals surface area contributed by atoms with Crippen molar-refractivity contribution in [3.63, 3.8) is 0 Å². The fourth-order valence-corrected chi connectivity index (χ4v) is 4.48. The van der Waals surface area contributed by atoms with E-state index in [2.05, 4.69) is 26.9 Å². The first kappa shape index (κ1) is 19.9. The fourth-order valence-electron chi connectivity index (χ4n) is 4.48. The third-order valence-corrected chi connectivity index (χ3v) is 6.21. The molecule has 2 aliphatic heterocycles. The molecular weight excluding hydrogens is 419 g/mol. The van der Waals surface area contributed by atoms with Gasteiger partial charge in [-0.15, -0.1) is 0 Å². The minimum absolute atomic E-state index is 0.291. The lowest BCUT2D eigenvalue weighted by Crippen LogP contribution is -2.46. The van der Waals surface area contributed by atoms with Crippen molar-refractivity contribution in [1.29, 1.82) is 0 Å². The topological polar surface area (TPSA) is 50.7 Å². The number of rotatable bonds is 4. The minimum atomic E-state index is -0.313. The van der Waals surface area contributed by atoms with Crippen LogP contribution >= 0.6 is 0 Å². The number of hydrogen-bond acceptors (Lipinski definition) is 6. The van der Waals surface area contributed by atoms with Crippen molar-refractivity contribution in [2.75, 3.05) is 37.9 Å². The van der Waals surface area contributed by atoms with E-state index in [1.165, 1.54) is 11.6 Å². The molecule has 0 N–H and O–H groups in total. The van der Waals surface area contributed by atoms with Gasteiger partial charge in [0.25, 0.3) is 0 Å². The zero-order valence-corrected chi connectivity index (χ0v) is 18.1. The molecule has 0 unspecified atom stereocenters. The summed E-state index contributed by atoms with van der Waals surface area (Å²) in [7, 11) is 0. The monoisotopic (exact) mass is 442 g/mol. The summed E-state index contributed by atoms with van der Waals surface area (Å²) < 4.78 is 25.4. The van der Waals surface area contributed by atoms with E-state index in [1.807, 2.05) is 36.4 Å². The molecule has 0 bridgehead atoms. The van der Waals surface area contributed by atoms with Gasteiger partial charge in [-0.25, -0.2) is 14.4 Å². The fraction of sp³-hybridized carbons (Fsp3) is 0.231. The molecule has 6 nitrogen and oxygen atoms in total. The third kappa shape index (κ3) is 3.85. The third-order valence-electron chi connectivity index (χ3n) is 6.21. The van der Waals surface area contributed by atoms with Crippen LogP contribution in [-0.4, -0.2) is 47.8 Å². The number of fused-ring (bicyclic) bond motifs is 2. The first-order valence-electron chi connectivity index (χ1n) is 11.1. The first-order valence-corrected chi connectivity index (χ1v) is 11.1. The number of hydrogen-bond donors (Lipinski definition) is 0. The Morgan fingerprint density at radius 2 is 1.61 bits per heavy atom. The van der Waals surface area contributed by atoms with Gasteiger partial charge < -0.3 is 14.4 Å². The highest BCUT2D eigenvalue weighted by Crippen LogP contribution is 2.33. The molecule has 166 valence electrons. The number of anilines is 1. The first-order chi connectivity index (χ1) is 16.2. The van der Waals surface area contributed by atoms with Crippen molar-refractivity contribution in [3.8, 4) is 22.9 Å². The van der Waals surface area contributed by atoms with Crippen molar-refractivity contribution in [1.82, 2.24) is 14.9 Å². The van der Waals surface area contributed by atoms with Gasteiger partial charge >= 0.3 is 0 Å². The average molecular weight is 442 g/mol. The molecule has 33 heavy (non-hydrogen) atoms. The second-order valence-electron chi connectivity index (χ2n) is 8.32. The van der Waals surface area contributed by atoms with E-state index in [1.54, 1.807) is 12.1 Å². The number of halogens is 1. The van der Waals surface area contributed by atoms with Crippen molar-refractivity contribution in [2.24, 2.45) is 0 Å². The summed E-state index contributed by atoms with van der Waals surface area (Å²) in [5.41, 5.74) is 2.46. The number of piperazine rings is 1. The molecule has 1 saturated heterocycles. The van der Waals surface area contributed by atoms with Gasteiger partial charge in [0.15, 0.2) is 17.3 Å². The molecule has 1 aromatic heterocycles. The number of ether oxygens (including phenoxy) is 2. The molecule has 2 aliphatic rings. The number of para-hydroxylation sites is 1. The van der Waals surface area contributed by atoms with Crippen LogP contribution < -0.4 is 14.4 Å². The lowest BCUT2D eigenvalue weighted by atomic mass is 10.1. The van der Waals surface area contributed by atoms with E-state index >= 15 is 0 Å². The van der Waals surface area contributed by atoms with Crippen LogP contribution in [0, 0.1) is 5.82 Å². The van der Waals surface area contributed by atoms with Crippen molar-refractivity contribution >= 4 is 16.7 Å². The number of benzene rings is 3. The van der Waals surface area contributed by atoms with Crippen LogP contribution in [0.5, 0.6) is 11.5 Å². The number of nitrogens with zero attached hydrogens (tertiary/aromatic N) is 4. The number of aromatic nitrogens is 2. The van der Waals surface area contributed by atoms with Crippen LogP contribution in [0.3, 0.4) is 0 Å². The van der Waals surface area contributed by atoms with Crippen molar-refractivity contribution < 1.29 is 13.9 Å². The average Bonchev–Trinajstić information content (AvgIpc) is 3.32. The summed E-state index contributed by atoms with van der Waals surface area (Å²) in [5, 5.41) is 0.988. The Morgan fingerprint density at radius 3 is 2.48 bits per heavy atom. The minimum Gasteiger partial charge on any atom is -0.454 e. The Labute approximate surface area is 191 Å². The van der Waals surface area contributed by atoms with E-state index in [9.17, 15) is 4.39 Å². The van der Waals surface area contributed by atoms with E-state index in [-0.39, 0.29) is 5.82 Å². The molecule has 0 spiro atoms. The van der Waals surface area contributed by atoms with Gasteiger partial charge in [0.1, 0.15) is 11.6 Å². The summed E-state index contributed by atoms with van der Waals surface area (Å²) in [6.45, 7) is 4.63. The Kier molecular flexibility index (Phi) is 5.03. The predicted molar refractivity (Wildman–Crippen MR) is 125 cm³/mol. The Balaban J connectivity index is 1.24. The Morgan fingerprint density at radius 1 is 0.818 bits per heavy atom. The van der Waals surface area contributed by atoms with Gasteiger partial charge in [0, 0.05) is 38.1 Å². The van der Waals surface area contributed by atoms with Gasteiger partial charge in [0.2, 0.25) is 6.79 Å². The highest BCUT2D eigenvalue weighted by atomic mass is 19.1. The largest absolute Gasteiger partial charge is 0.454 e. The predicted octanol–water partition coefficient (Wildman–Crippen LogP) is 4.49. The molecule has 1 fully saturated rings. The normalized spacial score (nSPS) is 15.8. The van der Waals surface area contributed by atoms with Crippen molar-refractivity contribution in [2.45, 2.75) is 6.54 Å². The molecule has 0 saturated carbocycles. The lowest BCUT2D eigenvalue weighted by molar-refractivity contribution is 0.174.